The smallest absolute Gasteiger partial charge is 0.321 e. The van der Waals surface area contributed by atoms with Gasteiger partial charge in [-0.25, -0.2) is 4.79 Å². The van der Waals surface area contributed by atoms with Crippen LogP contribution >= 0.6 is 0 Å². The summed E-state index contributed by atoms with van der Waals surface area (Å²) in [6.07, 6.45) is 0.893. The predicted octanol–water partition coefficient (Wildman–Crippen LogP) is 2.43. The molecular formula is C15H22N2O4. The Balaban J connectivity index is 2.72. The Hall–Kier alpha value is -2.24. The summed E-state index contributed by atoms with van der Waals surface area (Å²) in [6.45, 7) is 3.68. The molecule has 0 bridgehead atoms. The van der Waals surface area contributed by atoms with E-state index < -0.39 is 11.4 Å². The normalized spacial score (nSPS) is 11.0. The van der Waals surface area contributed by atoms with Crippen molar-refractivity contribution in [2.75, 3.05) is 18.5 Å². The van der Waals surface area contributed by atoms with Crippen LogP contribution in [0.2, 0.25) is 0 Å². The van der Waals surface area contributed by atoms with Crippen LogP contribution in [0.1, 0.15) is 26.7 Å². The summed E-state index contributed by atoms with van der Waals surface area (Å²) in [7, 11) is 1.59. The van der Waals surface area contributed by atoms with Crippen LogP contribution in [0, 0.1) is 5.41 Å². The Kier molecular flexibility index (Phi) is 5.58. The van der Waals surface area contributed by atoms with Crippen LogP contribution in [0.5, 0.6) is 5.75 Å². The van der Waals surface area contributed by atoms with Crippen molar-refractivity contribution in [2.45, 2.75) is 26.7 Å². The van der Waals surface area contributed by atoms with Gasteiger partial charge in [-0.1, -0.05) is 13.8 Å². The van der Waals surface area contributed by atoms with Gasteiger partial charge in [0.1, 0.15) is 5.75 Å². The van der Waals surface area contributed by atoms with Gasteiger partial charge in [0.25, 0.3) is 0 Å². The van der Waals surface area contributed by atoms with Crippen molar-refractivity contribution < 1.29 is 19.8 Å². The first kappa shape index (κ1) is 16.8. The zero-order chi connectivity index (χ0) is 16.0. The van der Waals surface area contributed by atoms with Gasteiger partial charge in [0.05, 0.1) is 5.41 Å². The molecule has 0 aliphatic heterocycles. The number of urea groups is 1. The molecule has 0 radical (unpaired) electrons. The Bertz CT molecular complexity index is 495. The fourth-order valence-corrected chi connectivity index (χ4v) is 2.03. The molecule has 0 spiro atoms. The van der Waals surface area contributed by atoms with Crippen LogP contribution in [0.25, 0.3) is 0 Å². The molecule has 1 rings (SSSR count). The summed E-state index contributed by atoms with van der Waals surface area (Å²) in [6, 6.07) is 5.81. The molecule has 0 heterocycles. The molecule has 1 aromatic rings. The topological polar surface area (TPSA) is 89.9 Å². The molecule has 0 fully saturated rings. The van der Waals surface area contributed by atoms with E-state index in [2.05, 4.69) is 5.32 Å². The number of nitrogens with one attached hydrogen (secondary N) is 1. The molecule has 6 heteroatoms. The van der Waals surface area contributed by atoms with E-state index in [1.165, 1.54) is 17.0 Å². The number of carboxylic acids is 1. The number of amides is 2. The number of hydrogen-bond acceptors (Lipinski definition) is 3. The molecule has 21 heavy (non-hydrogen) atoms. The highest BCUT2D eigenvalue weighted by Crippen LogP contribution is 2.26. The van der Waals surface area contributed by atoms with Crippen molar-refractivity contribution in [3.05, 3.63) is 24.3 Å². The highest BCUT2D eigenvalue weighted by Gasteiger charge is 2.35. The number of hydrogen-bond donors (Lipinski definition) is 3. The molecule has 2 amide bonds. The van der Waals surface area contributed by atoms with Crippen LogP contribution in [0.4, 0.5) is 10.5 Å². The number of rotatable bonds is 6. The lowest BCUT2D eigenvalue weighted by molar-refractivity contribution is -0.149. The van der Waals surface area contributed by atoms with E-state index in [9.17, 15) is 19.8 Å². The van der Waals surface area contributed by atoms with E-state index in [0.29, 0.717) is 18.5 Å². The molecule has 3 N–H and O–H groups in total. The monoisotopic (exact) mass is 294 g/mol. The number of carbonyl (C=O) groups is 2. The maximum Gasteiger partial charge on any atom is 0.321 e. The first-order valence-corrected chi connectivity index (χ1v) is 6.90. The van der Waals surface area contributed by atoms with Crippen molar-refractivity contribution in [1.29, 1.82) is 0 Å². The second-order valence-corrected chi connectivity index (χ2v) is 5.03. The van der Waals surface area contributed by atoms with Crippen molar-refractivity contribution in [1.82, 2.24) is 5.32 Å². The minimum absolute atomic E-state index is 0.0800. The average molecular weight is 294 g/mol. The summed E-state index contributed by atoms with van der Waals surface area (Å²) in [5.41, 5.74) is -0.329. The number of carboxylic acid groups (broad SMARTS) is 1. The number of anilines is 1. The zero-order valence-corrected chi connectivity index (χ0v) is 12.6. The van der Waals surface area contributed by atoms with Gasteiger partial charge in [0.2, 0.25) is 0 Å². The van der Waals surface area contributed by atoms with E-state index in [0.717, 1.165) is 0 Å². The molecular weight excluding hydrogens is 272 g/mol. The minimum atomic E-state index is -0.939. The highest BCUT2D eigenvalue weighted by molar-refractivity contribution is 5.91. The maximum atomic E-state index is 12.1. The lowest BCUT2D eigenvalue weighted by Crippen LogP contribution is -2.46. The maximum absolute atomic E-state index is 12.1. The molecule has 0 atom stereocenters. The number of benzene rings is 1. The molecule has 0 saturated carbocycles. The molecule has 0 unspecified atom stereocenters. The second kappa shape index (κ2) is 6.97. The van der Waals surface area contributed by atoms with E-state index in [1.54, 1.807) is 33.0 Å². The van der Waals surface area contributed by atoms with E-state index in [4.69, 9.17) is 0 Å². The van der Waals surface area contributed by atoms with Crippen molar-refractivity contribution >= 4 is 17.7 Å². The molecule has 6 nitrogen and oxygen atoms in total. The van der Waals surface area contributed by atoms with Gasteiger partial charge in [-0.15, -0.1) is 0 Å². The first-order chi connectivity index (χ1) is 9.86. The standard InChI is InChI=1S/C15H22N2O4/c1-4-15(5-2,13(19)20)10-16-14(21)17(3)11-6-8-12(18)9-7-11/h6-9,18H,4-5,10H2,1-3H3,(H,16,21)(H,19,20). The minimum Gasteiger partial charge on any atom is -0.508 e. The van der Waals surface area contributed by atoms with Gasteiger partial charge in [-0.2, -0.15) is 0 Å². The number of aliphatic carboxylic acids is 1. The van der Waals surface area contributed by atoms with Crippen LogP contribution in [0.3, 0.4) is 0 Å². The average Bonchev–Trinajstić information content (AvgIpc) is 2.48. The Morgan fingerprint density at radius 1 is 1.19 bits per heavy atom. The summed E-state index contributed by atoms with van der Waals surface area (Å²) in [5, 5.41) is 21.2. The first-order valence-electron chi connectivity index (χ1n) is 6.90. The molecule has 0 aliphatic rings. The summed E-state index contributed by atoms with van der Waals surface area (Å²) in [5.74, 6) is -0.783. The fourth-order valence-electron chi connectivity index (χ4n) is 2.03. The van der Waals surface area contributed by atoms with E-state index in [1.807, 2.05) is 0 Å². The Morgan fingerprint density at radius 2 is 1.71 bits per heavy atom. The predicted molar refractivity (Wildman–Crippen MR) is 80.6 cm³/mol. The molecule has 0 aliphatic carbocycles. The van der Waals surface area contributed by atoms with Gasteiger partial charge < -0.3 is 15.5 Å². The fraction of sp³-hybridized carbons (Fsp3) is 0.467. The number of phenols is 1. The van der Waals surface area contributed by atoms with Crippen molar-refractivity contribution in [3.8, 4) is 5.75 Å². The van der Waals surface area contributed by atoms with Crippen molar-refractivity contribution in [2.24, 2.45) is 5.41 Å². The third-order valence-corrected chi connectivity index (χ3v) is 3.93. The van der Waals surface area contributed by atoms with Crippen molar-refractivity contribution in [3.63, 3.8) is 0 Å². The highest BCUT2D eigenvalue weighted by atomic mass is 16.4. The Labute approximate surface area is 124 Å². The van der Waals surface area contributed by atoms with Crippen LogP contribution in [-0.4, -0.2) is 35.8 Å². The van der Waals surface area contributed by atoms with Crippen LogP contribution in [-0.2, 0) is 4.79 Å². The third kappa shape index (κ3) is 3.87. The van der Waals surface area contributed by atoms with Gasteiger partial charge in [0.15, 0.2) is 0 Å². The zero-order valence-electron chi connectivity index (χ0n) is 12.6. The number of nitrogens with zero attached hydrogens (tertiary/aromatic N) is 1. The van der Waals surface area contributed by atoms with Crippen LogP contribution in [0.15, 0.2) is 24.3 Å². The van der Waals surface area contributed by atoms with Gasteiger partial charge >= 0.3 is 12.0 Å². The lowest BCUT2D eigenvalue weighted by Gasteiger charge is -2.28. The Morgan fingerprint density at radius 3 is 2.14 bits per heavy atom. The van der Waals surface area contributed by atoms with Gasteiger partial charge in [-0.05, 0) is 37.1 Å². The summed E-state index contributed by atoms with van der Waals surface area (Å²) >= 11 is 0. The van der Waals surface area contributed by atoms with E-state index in [-0.39, 0.29) is 18.3 Å². The molecule has 1 aromatic carbocycles. The lowest BCUT2D eigenvalue weighted by atomic mass is 9.82. The SMILES string of the molecule is CCC(CC)(CNC(=O)N(C)c1ccc(O)cc1)C(=O)O. The second-order valence-electron chi connectivity index (χ2n) is 5.03. The third-order valence-electron chi connectivity index (χ3n) is 3.93. The van der Waals surface area contributed by atoms with Gasteiger partial charge in [-0.3, -0.25) is 9.69 Å². The summed E-state index contributed by atoms with van der Waals surface area (Å²) in [4.78, 5) is 24.8. The van der Waals surface area contributed by atoms with E-state index >= 15 is 0 Å². The largest absolute Gasteiger partial charge is 0.508 e. The molecule has 116 valence electrons. The number of aromatic hydroxyl groups is 1. The van der Waals surface area contributed by atoms with Crippen LogP contribution < -0.4 is 10.2 Å². The quantitative estimate of drug-likeness (QED) is 0.751. The molecule has 0 saturated heterocycles. The number of phenolic OH excluding ortho intramolecular Hbond substituents is 1. The summed E-state index contributed by atoms with van der Waals surface area (Å²) < 4.78 is 0. The molecule has 0 aromatic heterocycles. The number of carbonyl (C=O) groups excluding carboxylic acids is 1. The van der Waals surface area contributed by atoms with Gasteiger partial charge in [0, 0.05) is 19.3 Å².